The van der Waals surface area contributed by atoms with Crippen LogP contribution in [0.4, 0.5) is 10.5 Å². The molecule has 3 nitrogen and oxygen atoms in total. The summed E-state index contributed by atoms with van der Waals surface area (Å²) in [4.78, 5) is 11.8. The molecule has 2 rings (SSSR count). The van der Waals surface area contributed by atoms with Crippen LogP contribution in [0.2, 0.25) is 0 Å². The van der Waals surface area contributed by atoms with Gasteiger partial charge in [-0.1, -0.05) is 12.1 Å². The Balaban J connectivity index is 1.93. The number of nitrogens with one attached hydrogen (secondary N) is 1. The van der Waals surface area contributed by atoms with E-state index in [4.69, 9.17) is 4.74 Å². The predicted molar refractivity (Wildman–Crippen MR) is 68.2 cm³/mol. The fraction of sp³-hybridized carbons (Fsp3) is 0.500. The van der Waals surface area contributed by atoms with Gasteiger partial charge >= 0.3 is 6.09 Å². The number of ether oxygens (including phenoxy) is 1. The van der Waals surface area contributed by atoms with Gasteiger partial charge in [-0.05, 0) is 57.2 Å². The van der Waals surface area contributed by atoms with Crippen molar-refractivity contribution in [2.24, 2.45) is 0 Å². The van der Waals surface area contributed by atoms with Crippen molar-refractivity contribution >= 4 is 11.8 Å². The molecule has 0 aromatic heterocycles. The Morgan fingerprint density at radius 3 is 2.71 bits per heavy atom. The van der Waals surface area contributed by atoms with Gasteiger partial charge in [0.05, 0.1) is 0 Å². The minimum atomic E-state index is -0.347. The highest BCUT2D eigenvalue weighted by molar-refractivity contribution is 5.84. The minimum Gasteiger partial charge on any atom is -0.443 e. The highest BCUT2D eigenvalue weighted by Crippen LogP contribution is 2.32. The summed E-state index contributed by atoms with van der Waals surface area (Å²) in [5.41, 5.74) is 1.64. The van der Waals surface area contributed by atoms with E-state index in [1.165, 1.54) is 0 Å². The summed E-state index contributed by atoms with van der Waals surface area (Å²) in [6, 6.07) is 7.71. The van der Waals surface area contributed by atoms with E-state index < -0.39 is 0 Å². The van der Waals surface area contributed by atoms with Crippen LogP contribution in [0.25, 0.3) is 0 Å². The van der Waals surface area contributed by atoms with Crippen molar-refractivity contribution in [2.45, 2.75) is 45.1 Å². The molecule has 0 saturated heterocycles. The van der Waals surface area contributed by atoms with Gasteiger partial charge in [-0.3, -0.25) is 5.32 Å². The van der Waals surface area contributed by atoms with Gasteiger partial charge in [0.25, 0.3) is 0 Å². The number of amides is 1. The first kappa shape index (κ1) is 12.0. The standard InChI is InChI=1S/C14H19NO2/c1-11-6-5-7-12(10-11)15-13(16)17-14(2)8-3-4-9-14/h5-7,10H,3-4,8-9H2,1-2H3,(H,15,16). The number of hydrogen-bond acceptors (Lipinski definition) is 2. The summed E-state index contributed by atoms with van der Waals surface area (Å²) < 4.78 is 5.49. The van der Waals surface area contributed by atoms with E-state index >= 15 is 0 Å². The lowest BCUT2D eigenvalue weighted by molar-refractivity contribution is 0.0400. The van der Waals surface area contributed by atoms with E-state index in [0.29, 0.717) is 0 Å². The summed E-state index contributed by atoms with van der Waals surface area (Å²) in [5, 5.41) is 2.77. The third-order valence-corrected chi connectivity index (χ3v) is 3.26. The molecule has 0 bridgehead atoms. The zero-order chi connectivity index (χ0) is 12.3. The molecule has 0 spiro atoms. The highest BCUT2D eigenvalue weighted by atomic mass is 16.6. The predicted octanol–water partition coefficient (Wildman–Crippen LogP) is 3.88. The van der Waals surface area contributed by atoms with Crippen LogP contribution in [0, 0.1) is 6.92 Å². The largest absolute Gasteiger partial charge is 0.443 e. The zero-order valence-electron chi connectivity index (χ0n) is 10.5. The molecule has 0 radical (unpaired) electrons. The Hall–Kier alpha value is -1.51. The second-order valence-electron chi connectivity index (χ2n) is 5.04. The maximum absolute atomic E-state index is 11.8. The molecule has 0 unspecified atom stereocenters. The lowest BCUT2D eigenvalue weighted by atomic mass is 10.1. The molecule has 1 aliphatic rings. The Kier molecular flexibility index (Phi) is 3.36. The molecule has 0 heterocycles. The first-order valence-electron chi connectivity index (χ1n) is 6.14. The van der Waals surface area contributed by atoms with Gasteiger partial charge in [0, 0.05) is 5.69 Å². The Labute approximate surface area is 102 Å². The number of carbonyl (C=O) groups excluding carboxylic acids is 1. The van der Waals surface area contributed by atoms with Crippen molar-refractivity contribution in [3.8, 4) is 0 Å². The summed E-state index contributed by atoms with van der Waals surface area (Å²) >= 11 is 0. The molecule has 1 aromatic carbocycles. The van der Waals surface area contributed by atoms with Crippen molar-refractivity contribution in [1.82, 2.24) is 0 Å². The number of carbonyl (C=O) groups is 1. The number of hydrogen-bond donors (Lipinski definition) is 1. The average Bonchev–Trinajstić information content (AvgIpc) is 2.64. The molecule has 0 aliphatic heterocycles. The van der Waals surface area contributed by atoms with Crippen LogP contribution in [0.1, 0.15) is 38.2 Å². The van der Waals surface area contributed by atoms with E-state index in [0.717, 1.165) is 36.9 Å². The third kappa shape index (κ3) is 3.22. The Morgan fingerprint density at radius 1 is 1.35 bits per heavy atom. The maximum atomic E-state index is 11.8. The molecule has 1 N–H and O–H groups in total. The zero-order valence-corrected chi connectivity index (χ0v) is 10.5. The summed E-state index contributed by atoms with van der Waals surface area (Å²) in [6.07, 6.45) is 3.88. The molecular weight excluding hydrogens is 214 g/mol. The fourth-order valence-corrected chi connectivity index (χ4v) is 2.31. The van der Waals surface area contributed by atoms with Crippen LogP contribution in [-0.2, 0) is 4.74 Å². The average molecular weight is 233 g/mol. The SMILES string of the molecule is Cc1cccc(NC(=O)OC2(C)CCCC2)c1. The van der Waals surface area contributed by atoms with Gasteiger partial charge in [0.2, 0.25) is 0 Å². The summed E-state index contributed by atoms with van der Waals surface area (Å²) in [5.74, 6) is 0. The highest BCUT2D eigenvalue weighted by Gasteiger charge is 2.32. The second kappa shape index (κ2) is 4.78. The molecule has 1 saturated carbocycles. The smallest absolute Gasteiger partial charge is 0.412 e. The van der Waals surface area contributed by atoms with Gasteiger partial charge < -0.3 is 4.74 Å². The molecule has 3 heteroatoms. The van der Waals surface area contributed by atoms with Gasteiger partial charge in [-0.25, -0.2) is 4.79 Å². The van der Waals surface area contributed by atoms with E-state index in [2.05, 4.69) is 5.32 Å². The van der Waals surface area contributed by atoms with E-state index in [-0.39, 0.29) is 11.7 Å². The molecule has 1 aromatic rings. The molecule has 0 atom stereocenters. The van der Waals surface area contributed by atoms with E-state index in [1.807, 2.05) is 38.1 Å². The lowest BCUT2D eigenvalue weighted by Crippen LogP contribution is -2.30. The molecule has 92 valence electrons. The van der Waals surface area contributed by atoms with Crippen LogP contribution in [-0.4, -0.2) is 11.7 Å². The summed E-state index contributed by atoms with van der Waals surface area (Å²) in [7, 11) is 0. The number of benzene rings is 1. The Morgan fingerprint density at radius 2 is 2.06 bits per heavy atom. The van der Waals surface area contributed by atoms with Gasteiger partial charge in [0.15, 0.2) is 0 Å². The first-order valence-corrected chi connectivity index (χ1v) is 6.14. The van der Waals surface area contributed by atoms with Crippen LogP contribution < -0.4 is 5.32 Å². The first-order chi connectivity index (χ1) is 8.07. The minimum absolute atomic E-state index is 0.270. The molecule has 1 fully saturated rings. The third-order valence-electron chi connectivity index (χ3n) is 3.26. The van der Waals surface area contributed by atoms with Gasteiger partial charge in [-0.2, -0.15) is 0 Å². The van der Waals surface area contributed by atoms with Crippen LogP contribution in [0.15, 0.2) is 24.3 Å². The molecule has 1 amide bonds. The number of anilines is 1. The van der Waals surface area contributed by atoms with Crippen LogP contribution in [0.3, 0.4) is 0 Å². The normalized spacial score (nSPS) is 17.8. The van der Waals surface area contributed by atoms with Crippen molar-refractivity contribution in [3.05, 3.63) is 29.8 Å². The van der Waals surface area contributed by atoms with Crippen molar-refractivity contribution in [3.63, 3.8) is 0 Å². The lowest BCUT2D eigenvalue weighted by Gasteiger charge is -2.24. The quantitative estimate of drug-likeness (QED) is 0.841. The van der Waals surface area contributed by atoms with Gasteiger partial charge in [0.1, 0.15) is 5.60 Å². The monoisotopic (exact) mass is 233 g/mol. The van der Waals surface area contributed by atoms with Crippen molar-refractivity contribution in [1.29, 1.82) is 0 Å². The molecular formula is C14H19NO2. The Bertz CT molecular complexity index is 408. The number of rotatable bonds is 2. The molecule has 17 heavy (non-hydrogen) atoms. The maximum Gasteiger partial charge on any atom is 0.412 e. The number of aryl methyl sites for hydroxylation is 1. The summed E-state index contributed by atoms with van der Waals surface area (Å²) in [6.45, 7) is 4.00. The van der Waals surface area contributed by atoms with Crippen LogP contribution in [0.5, 0.6) is 0 Å². The molecule has 1 aliphatic carbocycles. The van der Waals surface area contributed by atoms with Crippen molar-refractivity contribution in [2.75, 3.05) is 5.32 Å². The second-order valence-corrected chi connectivity index (χ2v) is 5.04. The van der Waals surface area contributed by atoms with Crippen molar-refractivity contribution < 1.29 is 9.53 Å². The van der Waals surface area contributed by atoms with E-state index in [9.17, 15) is 4.79 Å². The fourth-order valence-electron chi connectivity index (χ4n) is 2.31. The van der Waals surface area contributed by atoms with Gasteiger partial charge in [-0.15, -0.1) is 0 Å². The topological polar surface area (TPSA) is 38.3 Å². The van der Waals surface area contributed by atoms with E-state index in [1.54, 1.807) is 0 Å². The van der Waals surface area contributed by atoms with Crippen LogP contribution >= 0.6 is 0 Å².